The van der Waals surface area contributed by atoms with Crippen LogP contribution in [0.3, 0.4) is 0 Å². The van der Waals surface area contributed by atoms with E-state index in [0.717, 1.165) is 66.4 Å². The number of aromatic nitrogens is 2. The Bertz CT molecular complexity index is 2300. The van der Waals surface area contributed by atoms with Crippen LogP contribution in [0.1, 0.15) is 28.4 Å². The number of aromatic amines is 2. The number of benzene rings is 4. The molecule has 0 fully saturated rings. The SMILES string of the molecule is CN1/C2=N\c3[nH]c(c4ccccc34)/N=C3N=C(/N=c4\[nH]/c(c5ccccc45)=N\C1c1ccccc12)c1ccccc1\3. The summed E-state index contributed by atoms with van der Waals surface area (Å²) in [5.41, 5.74) is 5.53. The molecule has 3 aliphatic heterocycles. The van der Waals surface area contributed by atoms with Crippen LogP contribution in [0, 0.1) is 0 Å². The van der Waals surface area contributed by atoms with Crippen LogP contribution >= 0.6 is 0 Å². The van der Waals surface area contributed by atoms with Crippen LogP contribution in [0.15, 0.2) is 122 Å². The van der Waals surface area contributed by atoms with Gasteiger partial charge >= 0.3 is 0 Å². The van der Waals surface area contributed by atoms with Crippen molar-refractivity contribution in [1.29, 1.82) is 0 Å². The lowest BCUT2D eigenvalue weighted by Gasteiger charge is -2.18. The van der Waals surface area contributed by atoms with Crippen molar-refractivity contribution in [2.45, 2.75) is 6.17 Å². The van der Waals surface area contributed by atoms with E-state index in [1.807, 2.05) is 61.6 Å². The van der Waals surface area contributed by atoms with Gasteiger partial charge in [-0.2, -0.15) is 0 Å². The number of hydrogen-bond donors (Lipinski definition) is 2. The van der Waals surface area contributed by atoms with Crippen LogP contribution in [0.5, 0.6) is 0 Å². The number of rotatable bonds is 0. The first-order valence-electron chi connectivity index (χ1n) is 13.5. The largest absolute Gasteiger partial charge is 0.333 e. The van der Waals surface area contributed by atoms with Crippen molar-refractivity contribution in [3.63, 3.8) is 0 Å². The normalized spacial score (nSPS) is 21.1. The molecule has 0 aliphatic carbocycles. The van der Waals surface area contributed by atoms with Crippen molar-refractivity contribution >= 4 is 50.7 Å². The molecule has 1 atom stereocenters. The Morgan fingerprint density at radius 2 is 1.10 bits per heavy atom. The second-order valence-electron chi connectivity index (χ2n) is 10.4. The summed E-state index contributed by atoms with van der Waals surface area (Å²) in [5, 5.41) is 3.97. The van der Waals surface area contributed by atoms with Crippen LogP contribution in [-0.2, 0) is 0 Å². The van der Waals surface area contributed by atoms with Gasteiger partial charge < -0.3 is 14.9 Å². The summed E-state index contributed by atoms with van der Waals surface area (Å²) in [4.78, 5) is 34.7. The first kappa shape index (κ1) is 22.2. The van der Waals surface area contributed by atoms with E-state index in [1.54, 1.807) is 0 Å². The van der Waals surface area contributed by atoms with E-state index < -0.39 is 0 Å². The van der Waals surface area contributed by atoms with Crippen LogP contribution in [0.2, 0.25) is 0 Å². The summed E-state index contributed by atoms with van der Waals surface area (Å²) in [5.74, 6) is 3.54. The molecule has 0 radical (unpaired) electrons. The minimum absolute atomic E-state index is 0.261. The van der Waals surface area contributed by atoms with Gasteiger partial charge in [-0.05, 0) is 0 Å². The van der Waals surface area contributed by atoms with Gasteiger partial charge in [0, 0.05) is 50.8 Å². The quantitative estimate of drug-likeness (QED) is 0.268. The number of nitrogens with one attached hydrogen (secondary N) is 2. The Kier molecular flexibility index (Phi) is 4.44. The van der Waals surface area contributed by atoms with Gasteiger partial charge in [-0.25, -0.2) is 25.0 Å². The monoisotopic (exact) mass is 530 g/mol. The molecule has 2 N–H and O–H groups in total. The number of nitrogens with zero attached hydrogens (tertiary/aromatic N) is 6. The molecule has 0 spiro atoms. The van der Waals surface area contributed by atoms with E-state index in [4.69, 9.17) is 25.0 Å². The molecule has 194 valence electrons. The maximum Gasteiger partial charge on any atom is 0.164 e. The molecular formula is C33H22N8. The van der Waals surface area contributed by atoms with Crippen molar-refractivity contribution in [2.24, 2.45) is 25.0 Å². The third-order valence-electron chi connectivity index (χ3n) is 8.05. The second-order valence-corrected chi connectivity index (χ2v) is 10.4. The second kappa shape index (κ2) is 8.19. The van der Waals surface area contributed by atoms with Crippen LogP contribution < -0.4 is 11.0 Å². The lowest BCUT2D eigenvalue weighted by Crippen LogP contribution is -2.25. The van der Waals surface area contributed by atoms with Crippen molar-refractivity contribution in [3.8, 4) is 0 Å². The lowest BCUT2D eigenvalue weighted by molar-refractivity contribution is 0.400. The summed E-state index contributed by atoms with van der Waals surface area (Å²) in [6.07, 6.45) is -0.261. The summed E-state index contributed by atoms with van der Waals surface area (Å²) >= 11 is 0. The third-order valence-corrected chi connectivity index (χ3v) is 8.05. The number of hydrogen-bond acceptors (Lipinski definition) is 6. The van der Waals surface area contributed by atoms with Crippen LogP contribution in [-0.4, -0.2) is 39.4 Å². The topological polar surface area (TPSA) is 96.6 Å². The smallest absolute Gasteiger partial charge is 0.164 e. The molecule has 4 aromatic carbocycles. The Balaban J connectivity index is 1.43. The average molecular weight is 531 g/mol. The average Bonchev–Trinajstić information content (AvgIpc) is 3.72. The Morgan fingerprint density at radius 3 is 1.83 bits per heavy atom. The molecule has 9 rings (SSSR count). The minimum atomic E-state index is -0.261. The molecule has 0 saturated carbocycles. The Labute approximate surface area is 233 Å². The summed E-state index contributed by atoms with van der Waals surface area (Å²) in [7, 11) is 2.05. The summed E-state index contributed by atoms with van der Waals surface area (Å²) < 4.78 is 0. The minimum Gasteiger partial charge on any atom is -0.333 e. The van der Waals surface area contributed by atoms with Gasteiger partial charge in [0.05, 0.1) is 0 Å². The highest BCUT2D eigenvalue weighted by Crippen LogP contribution is 2.39. The molecule has 8 nitrogen and oxygen atoms in total. The van der Waals surface area contributed by atoms with Gasteiger partial charge in [0.25, 0.3) is 0 Å². The molecule has 1 unspecified atom stereocenters. The molecule has 8 bridgehead atoms. The maximum absolute atomic E-state index is 5.27. The molecule has 8 heteroatoms. The number of fused-ring (bicyclic) bond motifs is 19. The number of amidine groups is 3. The highest BCUT2D eigenvalue weighted by atomic mass is 15.3. The van der Waals surface area contributed by atoms with Crippen molar-refractivity contribution in [3.05, 3.63) is 130 Å². The third kappa shape index (κ3) is 3.18. The van der Waals surface area contributed by atoms with Gasteiger partial charge in [0.15, 0.2) is 17.8 Å². The van der Waals surface area contributed by atoms with Gasteiger partial charge in [-0.3, -0.25) is 0 Å². The number of aliphatic imine (C=N–C) groups is 3. The van der Waals surface area contributed by atoms with E-state index in [-0.39, 0.29) is 6.17 Å². The zero-order valence-electron chi connectivity index (χ0n) is 22.0. The van der Waals surface area contributed by atoms with Gasteiger partial charge in [-0.1, -0.05) is 97.1 Å². The molecule has 0 amide bonds. The molecule has 5 heterocycles. The molecule has 2 aromatic heterocycles. The lowest BCUT2D eigenvalue weighted by atomic mass is 10.1. The standard InChI is InChI=1S/C33H22N8/c1-41-32-24-16-8-9-17-25(24)33(41)40-31-23-15-7-5-13-21(23)29(38-31)36-27-19-11-3-2-10-18(19)26(34-27)35-28-20-12-4-6-14-22(20)30(37-28)39-32/h2-17,32,38H,1H3,(H,34,35,36,37,39)/b40-33-. The van der Waals surface area contributed by atoms with E-state index >= 15 is 0 Å². The van der Waals surface area contributed by atoms with E-state index in [9.17, 15) is 0 Å². The van der Waals surface area contributed by atoms with Crippen molar-refractivity contribution in [1.82, 2.24) is 14.9 Å². The highest BCUT2D eigenvalue weighted by Gasteiger charge is 2.33. The van der Waals surface area contributed by atoms with E-state index in [0.29, 0.717) is 17.5 Å². The highest BCUT2D eigenvalue weighted by molar-refractivity contribution is 6.23. The first-order valence-corrected chi connectivity index (χ1v) is 13.5. The zero-order valence-corrected chi connectivity index (χ0v) is 22.0. The van der Waals surface area contributed by atoms with Gasteiger partial charge in [-0.15, -0.1) is 0 Å². The van der Waals surface area contributed by atoms with Crippen LogP contribution in [0.4, 0.5) is 11.6 Å². The Hall–Kier alpha value is -5.63. The zero-order chi connectivity index (χ0) is 27.1. The van der Waals surface area contributed by atoms with Crippen LogP contribution in [0.25, 0.3) is 21.5 Å². The maximum atomic E-state index is 5.27. The summed E-state index contributed by atoms with van der Waals surface area (Å²) in [6.45, 7) is 0. The molecule has 0 saturated heterocycles. The molecule has 6 aromatic rings. The van der Waals surface area contributed by atoms with Crippen molar-refractivity contribution in [2.75, 3.05) is 7.05 Å². The molecule has 41 heavy (non-hydrogen) atoms. The predicted molar refractivity (Wildman–Crippen MR) is 161 cm³/mol. The fourth-order valence-corrected chi connectivity index (χ4v) is 6.09. The predicted octanol–water partition coefficient (Wildman–Crippen LogP) is 5.46. The summed E-state index contributed by atoms with van der Waals surface area (Å²) in [6, 6.07) is 32.8. The molecule has 3 aliphatic rings. The number of H-pyrrole nitrogens is 2. The fraction of sp³-hybridized carbons (Fsp3) is 0.0606. The molecular weight excluding hydrogens is 508 g/mol. The Morgan fingerprint density at radius 1 is 0.537 bits per heavy atom. The van der Waals surface area contributed by atoms with E-state index in [2.05, 4.69) is 57.3 Å². The fourth-order valence-electron chi connectivity index (χ4n) is 6.09. The first-order chi connectivity index (χ1) is 20.2. The van der Waals surface area contributed by atoms with Gasteiger partial charge in [0.2, 0.25) is 0 Å². The van der Waals surface area contributed by atoms with E-state index in [1.165, 1.54) is 0 Å². The van der Waals surface area contributed by atoms with Gasteiger partial charge in [0.1, 0.15) is 28.4 Å². The van der Waals surface area contributed by atoms with Crippen molar-refractivity contribution < 1.29 is 0 Å².